The number of nitrogens with one attached hydrogen (secondary N) is 1. The summed E-state index contributed by atoms with van der Waals surface area (Å²) in [4.78, 5) is 26.1. The van der Waals surface area contributed by atoms with Gasteiger partial charge in [-0.15, -0.1) is 0 Å². The van der Waals surface area contributed by atoms with Gasteiger partial charge in [-0.1, -0.05) is 54.8 Å². The fourth-order valence-corrected chi connectivity index (χ4v) is 5.65. The van der Waals surface area contributed by atoms with E-state index in [1.807, 2.05) is 6.07 Å². The number of anilines is 1. The van der Waals surface area contributed by atoms with Crippen LogP contribution in [0.15, 0.2) is 77.7 Å². The number of nitrogens with zero attached hydrogens (tertiary/aromatic N) is 1. The van der Waals surface area contributed by atoms with Crippen molar-refractivity contribution in [2.45, 2.75) is 30.6 Å². The highest BCUT2D eigenvalue weighted by atomic mass is 35.5. The van der Waals surface area contributed by atoms with E-state index in [0.29, 0.717) is 29.4 Å². The van der Waals surface area contributed by atoms with Crippen LogP contribution >= 0.6 is 11.6 Å². The summed E-state index contributed by atoms with van der Waals surface area (Å²) in [5, 5.41) is 3.13. The third-order valence-corrected chi connectivity index (χ3v) is 7.98. The highest BCUT2D eigenvalue weighted by Crippen LogP contribution is 2.25. The van der Waals surface area contributed by atoms with Crippen LogP contribution in [0.2, 0.25) is 5.02 Å². The van der Waals surface area contributed by atoms with Crippen LogP contribution in [0, 0.1) is 0 Å². The van der Waals surface area contributed by atoms with E-state index in [4.69, 9.17) is 11.6 Å². The largest absolute Gasteiger partial charge is 0.321 e. The summed E-state index contributed by atoms with van der Waals surface area (Å²) >= 11 is 6.11. The molecule has 8 heteroatoms. The Kier molecular flexibility index (Phi) is 7.46. The number of halogens is 1. The summed E-state index contributed by atoms with van der Waals surface area (Å²) < 4.78 is 27.5. The molecular formula is C26H25ClN2O4S. The molecule has 0 spiro atoms. The average molecular weight is 497 g/mol. The zero-order valence-corrected chi connectivity index (χ0v) is 20.1. The summed E-state index contributed by atoms with van der Waals surface area (Å²) in [5.74, 6) is -0.722. The number of hydrogen-bond acceptors (Lipinski definition) is 4. The van der Waals surface area contributed by atoms with Gasteiger partial charge in [-0.05, 0) is 55.3 Å². The molecule has 0 unspecified atom stereocenters. The molecule has 4 rings (SSSR count). The van der Waals surface area contributed by atoms with E-state index >= 15 is 0 Å². The maximum Gasteiger partial charge on any atom is 0.255 e. The number of rotatable bonds is 6. The second-order valence-corrected chi connectivity index (χ2v) is 10.6. The maximum atomic E-state index is 13.0. The van der Waals surface area contributed by atoms with Crippen molar-refractivity contribution in [1.29, 1.82) is 0 Å². The van der Waals surface area contributed by atoms with Crippen LogP contribution < -0.4 is 5.32 Å². The number of amides is 1. The van der Waals surface area contributed by atoms with Crippen LogP contribution in [0.4, 0.5) is 5.69 Å². The Morgan fingerprint density at radius 2 is 1.44 bits per heavy atom. The van der Waals surface area contributed by atoms with Crippen molar-refractivity contribution in [3.63, 3.8) is 0 Å². The quantitative estimate of drug-likeness (QED) is 0.464. The van der Waals surface area contributed by atoms with Crippen LogP contribution in [0.25, 0.3) is 0 Å². The number of sulfonamides is 1. The SMILES string of the molecule is O=C(Nc1ccc(Cl)cc1C(=O)c1ccccc1)c1ccc(S(=O)(=O)N2CCCCCC2)cc1. The Labute approximate surface area is 204 Å². The Morgan fingerprint density at radius 3 is 2.09 bits per heavy atom. The summed E-state index contributed by atoms with van der Waals surface area (Å²) in [6.45, 7) is 1.03. The van der Waals surface area contributed by atoms with E-state index in [1.165, 1.54) is 34.6 Å². The molecule has 1 amide bonds. The standard InChI is InChI=1S/C26H25ClN2O4S/c27-21-12-15-24(23(18-21)25(30)19-8-4-3-5-9-19)28-26(31)20-10-13-22(14-11-20)34(32,33)29-16-6-1-2-7-17-29/h3-5,8-15,18H,1-2,6-7,16-17H2,(H,28,31). The minimum absolute atomic E-state index is 0.164. The zero-order valence-electron chi connectivity index (χ0n) is 18.5. The Balaban J connectivity index is 1.54. The first-order chi connectivity index (χ1) is 16.4. The number of carbonyl (C=O) groups excluding carboxylic acids is 2. The first-order valence-corrected chi connectivity index (χ1v) is 13.0. The van der Waals surface area contributed by atoms with Gasteiger partial charge in [0.05, 0.1) is 10.6 Å². The van der Waals surface area contributed by atoms with E-state index in [9.17, 15) is 18.0 Å². The molecule has 0 radical (unpaired) electrons. The van der Waals surface area contributed by atoms with Crippen LogP contribution in [-0.4, -0.2) is 37.5 Å². The fourth-order valence-electron chi connectivity index (χ4n) is 3.96. The van der Waals surface area contributed by atoms with Crippen molar-refractivity contribution >= 4 is 39.0 Å². The monoisotopic (exact) mass is 496 g/mol. The smallest absolute Gasteiger partial charge is 0.255 e. The molecule has 0 atom stereocenters. The molecule has 0 saturated carbocycles. The van der Waals surface area contributed by atoms with Gasteiger partial charge >= 0.3 is 0 Å². The van der Waals surface area contributed by atoms with Crippen molar-refractivity contribution in [1.82, 2.24) is 4.31 Å². The van der Waals surface area contributed by atoms with Crippen molar-refractivity contribution in [2.24, 2.45) is 0 Å². The molecule has 1 N–H and O–H groups in total. The molecule has 3 aromatic rings. The van der Waals surface area contributed by atoms with Gasteiger partial charge in [-0.3, -0.25) is 9.59 Å². The molecule has 1 heterocycles. The van der Waals surface area contributed by atoms with Gasteiger partial charge in [0.2, 0.25) is 10.0 Å². The summed E-state index contributed by atoms with van der Waals surface area (Å²) in [6.07, 6.45) is 3.77. The van der Waals surface area contributed by atoms with Crippen molar-refractivity contribution in [3.8, 4) is 0 Å². The van der Waals surface area contributed by atoms with Gasteiger partial charge in [0.1, 0.15) is 0 Å². The van der Waals surface area contributed by atoms with Crippen molar-refractivity contribution in [2.75, 3.05) is 18.4 Å². The molecule has 3 aromatic carbocycles. The van der Waals surface area contributed by atoms with E-state index in [-0.39, 0.29) is 21.8 Å². The molecule has 1 saturated heterocycles. The third kappa shape index (κ3) is 5.38. The molecule has 1 aliphatic rings. The molecule has 1 aliphatic heterocycles. The molecule has 176 valence electrons. The van der Waals surface area contributed by atoms with Crippen LogP contribution in [0.5, 0.6) is 0 Å². The Morgan fingerprint density at radius 1 is 0.794 bits per heavy atom. The van der Waals surface area contributed by atoms with Gasteiger partial charge < -0.3 is 5.32 Å². The highest BCUT2D eigenvalue weighted by molar-refractivity contribution is 7.89. The summed E-state index contributed by atoms with van der Waals surface area (Å²) in [5.41, 5.74) is 1.35. The van der Waals surface area contributed by atoms with Crippen LogP contribution in [0.3, 0.4) is 0 Å². The molecule has 0 aromatic heterocycles. The molecule has 1 fully saturated rings. The lowest BCUT2D eigenvalue weighted by Crippen LogP contribution is -2.31. The Hall–Kier alpha value is -3.00. The second-order valence-electron chi connectivity index (χ2n) is 8.18. The van der Waals surface area contributed by atoms with E-state index in [0.717, 1.165) is 25.7 Å². The molecule has 0 aliphatic carbocycles. The lowest BCUT2D eigenvalue weighted by molar-refractivity contribution is 0.102. The van der Waals surface area contributed by atoms with Crippen molar-refractivity contribution in [3.05, 3.63) is 94.5 Å². The number of carbonyl (C=O) groups is 2. The summed E-state index contributed by atoms with van der Waals surface area (Å²) in [7, 11) is -3.60. The lowest BCUT2D eigenvalue weighted by Gasteiger charge is -2.20. The van der Waals surface area contributed by atoms with Crippen molar-refractivity contribution < 1.29 is 18.0 Å². The number of ketones is 1. The summed E-state index contributed by atoms with van der Waals surface area (Å²) in [6, 6.07) is 19.3. The van der Waals surface area contributed by atoms with Gasteiger partial charge in [0.25, 0.3) is 5.91 Å². The average Bonchev–Trinajstić information content (AvgIpc) is 3.16. The maximum absolute atomic E-state index is 13.0. The first kappa shape index (κ1) is 24.1. The van der Waals surface area contributed by atoms with E-state index < -0.39 is 15.9 Å². The number of benzene rings is 3. The van der Waals surface area contributed by atoms with E-state index in [1.54, 1.807) is 36.4 Å². The minimum Gasteiger partial charge on any atom is -0.321 e. The Bertz CT molecular complexity index is 1280. The fraction of sp³-hybridized carbons (Fsp3) is 0.231. The topological polar surface area (TPSA) is 83.5 Å². The normalized spacial score (nSPS) is 14.9. The minimum atomic E-state index is -3.60. The lowest BCUT2D eigenvalue weighted by atomic mass is 10.0. The van der Waals surface area contributed by atoms with Gasteiger partial charge in [-0.2, -0.15) is 4.31 Å². The third-order valence-electron chi connectivity index (χ3n) is 5.83. The number of hydrogen-bond donors (Lipinski definition) is 1. The first-order valence-electron chi connectivity index (χ1n) is 11.2. The zero-order chi connectivity index (χ0) is 24.1. The molecule has 0 bridgehead atoms. The predicted molar refractivity (Wildman–Crippen MR) is 133 cm³/mol. The predicted octanol–water partition coefficient (Wildman–Crippen LogP) is 5.39. The molecular weight excluding hydrogens is 472 g/mol. The molecule has 6 nitrogen and oxygen atoms in total. The molecule has 34 heavy (non-hydrogen) atoms. The van der Waals surface area contributed by atoms with E-state index in [2.05, 4.69) is 5.32 Å². The van der Waals surface area contributed by atoms with Gasteiger partial charge in [0, 0.05) is 34.8 Å². The van der Waals surface area contributed by atoms with Crippen LogP contribution in [0.1, 0.15) is 52.0 Å². The van der Waals surface area contributed by atoms with Gasteiger partial charge in [0.15, 0.2) is 5.78 Å². The van der Waals surface area contributed by atoms with Crippen LogP contribution in [-0.2, 0) is 10.0 Å². The highest BCUT2D eigenvalue weighted by Gasteiger charge is 2.25. The second kappa shape index (κ2) is 10.5. The van der Waals surface area contributed by atoms with Gasteiger partial charge in [-0.25, -0.2) is 8.42 Å².